The maximum atomic E-state index is 15.6. The van der Waals surface area contributed by atoms with Crippen LogP contribution in [0.15, 0.2) is 97.7 Å². The van der Waals surface area contributed by atoms with E-state index in [1.807, 2.05) is 6.92 Å². The summed E-state index contributed by atoms with van der Waals surface area (Å²) in [6.07, 6.45) is 2.66. The number of aromatic nitrogens is 4. The molecule has 16 amide bonds. The number of fused-ring (bicyclic) bond motifs is 4. The minimum Gasteiger partial charge on any atom is -0.508 e. The molecule has 0 aliphatic carbocycles. The van der Waals surface area contributed by atoms with Gasteiger partial charge in [-0.1, -0.05) is 88.1 Å². The average molecular weight is 1840 g/mol. The van der Waals surface area contributed by atoms with Gasteiger partial charge in [-0.05, 0) is 92.9 Å². The number of phenols is 1. The largest absolute Gasteiger partial charge is 0.508 e. The number of hydrogen-bond donors (Lipinski definition) is 20. The summed E-state index contributed by atoms with van der Waals surface area (Å²) in [5.74, 6) is -18.2. The number of nitrogens with zero attached hydrogens (tertiary/aromatic N) is 6. The second kappa shape index (κ2) is 48.5. The number of rotatable bonds is 24. The molecule has 0 spiro atoms. The van der Waals surface area contributed by atoms with E-state index in [0.717, 1.165) is 31.4 Å². The van der Waals surface area contributed by atoms with Crippen LogP contribution < -0.4 is 64.6 Å². The molecule has 131 heavy (non-hydrogen) atoms. The molecule has 3 saturated heterocycles. The Bertz CT molecular complexity index is 5050. The molecule has 710 valence electrons. The van der Waals surface area contributed by atoms with Gasteiger partial charge >= 0.3 is 5.97 Å². The standard InChI is InChI=1S/C87H119N21O22S/c1-7-9-20-67-80(123)102-65(43-110)79(122)103-66(75(118)93-40-71(89)113)44-131-45-72(114)95-62(32-48-23-25-52(111)26-24-48)83(126)104(4)47(3)74(117)96-59(29-30-88)85(128)107-31-15-22-68(107)81(124)99-61(35-51-39-90-46-94-51)77(120)97-58(27-28-73(115)116)86(129)108-41-53(112)36-70(108)82(125)98-60(33-49-37-91-56-18-13-11-16-54(49)56)76(119)101-64(42-109)78(121)100-63(34-50-38-92-57-19-14-12-17-55(50)57)84(127)106(6)69(21-10-8-2)87(130)105(67)5/h11-14,16-19,23-26,37-39,46-47,53,58-70,91-92,109-112H,7-10,15,20-22,27-36,40-45,88H2,1-6H3,(H2,89,113)(H,90,94)(H,93,118)(H,95,114)(H,96,117)(H,97,120)(H,98,125)(H,99,124)(H,100,121)(H,101,119)(H,102,123)(H,103,122)(H,115,116)/t47-,53+,58-,59-,60-,61-,62-,63-,64-,65-,66-,67-,68-,69-,70-/m0/s1. The first-order valence-corrected chi connectivity index (χ1v) is 44.7. The number of imidazole rings is 1. The summed E-state index contributed by atoms with van der Waals surface area (Å²) in [6, 6.07) is -3.00. The molecule has 0 saturated carbocycles. The number of aliphatic hydroxyl groups is 3. The maximum Gasteiger partial charge on any atom is 0.303 e. The van der Waals surface area contributed by atoms with E-state index in [0.29, 0.717) is 64.2 Å². The van der Waals surface area contributed by atoms with Crippen molar-refractivity contribution in [1.29, 1.82) is 0 Å². The predicted molar refractivity (Wildman–Crippen MR) is 475 cm³/mol. The highest BCUT2D eigenvalue weighted by Crippen LogP contribution is 2.28. The predicted octanol–water partition coefficient (Wildman–Crippen LogP) is -3.91. The highest BCUT2D eigenvalue weighted by molar-refractivity contribution is 8.00. The van der Waals surface area contributed by atoms with E-state index in [9.17, 15) is 78.3 Å². The number of para-hydroxylation sites is 2. The fourth-order valence-electron chi connectivity index (χ4n) is 16.0. The van der Waals surface area contributed by atoms with Crippen LogP contribution in [0.2, 0.25) is 0 Å². The first-order chi connectivity index (χ1) is 62.6. The van der Waals surface area contributed by atoms with Gasteiger partial charge in [-0.3, -0.25) is 81.5 Å². The molecule has 44 heteroatoms. The average Bonchev–Trinajstić information content (AvgIpc) is 1.69. The van der Waals surface area contributed by atoms with Crippen molar-refractivity contribution in [3.05, 3.63) is 120 Å². The number of amides is 16. The Balaban J connectivity index is 1.08. The number of thioether (sulfide) groups is 1. The summed E-state index contributed by atoms with van der Waals surface area (Å²) in [6.45, 7) is 1.12. The van der Waals surface area contributed by atoms with E-state index in [4.69, 9.17) is 11.5 Å². The molecule has 6 aromatic rings. The molecule has 0 unspecified atom stereocenters. The zero-order valence-electron chi connectivity index (χ0n) is 73.8. The minimum atomic E-state index is -1.93. The summed E-state index contributed by atoms with van der Waals surface area (Å²) >= 11 is 0.740. The number of carboxylic acids is 1. The van der Waals surface area contributed by atoms with Gasteiger partial charge in [0.25, 0.3) is 0 Å². The van der Waals surface area contributed by atoms with E-state index in [2.05, 4.69) is 73.1 Å². The van der Waals surface area contributed by atoms with Gasteiger partial charge in [0.15, 0.2) is 0 Å². The van der Waals surface area contributed by atoms with Gasteiger partial charge in [0.2, 0.25) is 94.5 Å². The quantitative estimate of drug-likeness (QED) is 0.0275. The zero-order chi connectivity index (χ0) is 95.4. The fourth-order valence-corrected chi connectivity index (χ4v) is 16.9. The number of hydrogen-bond acceptors (Lipinski definition) is 24. The van der Waals surface area contributed by atoms with Gasteiger partial charge in [-0.15, -0.1) is 11.8 Å². The Labute approximate surface area is 758 Å². The van der Waals surface area contributed by atoms with Crippen LogP contribution in [0.4, 0.5) is 0 Å². The molecule has 0 radical (unpaired) electrons. The van der Waals surface area contributed by atoms with E-state index in [1.165, 1.54) is 69.8 Å². The number of aliphatic hydroxyl groups excluding tert-OH is 3. The van der Waals surface area contributed by atoms with Crippen LogP contribution in [0.5, 0.6) is 5.75 Å². The van der Waals surface area contributed by atoms with Gasteiger partial charge in [-0.2, -0.15) is 0 Å². The van der Waals surface area contributed by atoms with Gasteiger partial charge in [0, 0.05) is 119 Å². The molecule has 43 nitrogen and oxygen atoms in total. The number of unbranched alkanes of at least 4 members (excludes halogenated alkanes) is 2. The summed E-state index contributed by atoms with van der Waals surface area (Å²) in [5.41, 5.74) is 14.2. The third-order valence-corrected chi connectivity index (χ3v) is 24.5. The lowest BCUT2D eigenvalue weighted by molar-refractivity contribution is -0.149. The van der Waals surface area contributed by atoms with Crippen LogP contribution in [-0.4, -0.2) is 333 Å². The van der Waals surface area contributed by atoms with Crippen molar-refractivity contribution < 1.29 is 107 Å². The number of carbonyl (C=O) groups is 17. The molecule has 0 bridgehead atoms. The molecule has 15 atom stereocenters. The second-order valence-corrected chi connectivity index (χ2v) is 33.9. The number of carbonyl (C=O) groups excluding carboxylic acids is 16. The number of nitrogens with two attached hydrogens (primary N) is 2. The van der Waals surface area contributed by atoms with Crippen molar-refractivity contribution in [2.75, 3.05) is 72.0 Å². The smallest absolute Gasteiger partial charge is 0.303 e. The molecule has 22 N–H and O–H groups in total. The van der Waals surface area contributed by atoms with Crippen LogP contribution >= 0.6 is 11.8 Å². The number of nitrogens with one attached hydrogen (secondary N) is 13. The highest BCUT2D eigenvalue weighted by Gasteiger charge is 2.47. The van der Waals surface area contributed by atoms with Crippen LogP contribution in [0, 0.1) is 0 Å². The normalized spacial score (nSPS) is 25.2. The summed E-state index contributed by atoms with van der Waals surface area (Å²) in [4.78, 5) is 266. The molecule has 3 aliphatic heterocycles. The number of H-pyrrole nitrogens is 3. The van der Waals surface area contributed by atoms with E-state index >= 15 is 28.8 Å². The Hall–Kier alpha value is -13.1. The van der Waals surface area contributed by atoms with Crippen molar-refractivity contribution in [1.82, 2.24) is 97.6 Å². The molecule has 3 aromatic heterocycles. The van der Waals surface area contributed by atoms with E-state index < -0.39 is 248 Å². The number of aliphatic carboxylic acids is 1. The second-order valence-electron chi connectivity index (χ2n) is 32.9. The fraction of sp³-hybridized carbons (Fsp3) is 0.517. The SMILES string of the molecule is CCCC[C@H]1C(=O)N(C)[C@@H](CCCC)C(=O)N[C@@H](CO)C(=O)N[C@H](C(=O)NCC(N)=O)CSCC(=O)N[C@@H](Cc2ccc(O)cc2)C(=O)N(C)[C@@H](C)C(=O)N[C@@H](CCN)C(=O)N2CCC[C@H]2C(=O)N[C@@H](Cc2c[nH]cn2)C(=O)N[C@@H](CCC(=O)O)C(=O)N2C[C@H](O)C[C@H]2C(=O)N[C@@H](Cc2c[nH]c3ccccc23)C(=O)N[C@@H](CO)C(=O)N[C@@H](Cc2c[nH]c3ccccc23)C(=O)N1C. The van der Waals surface area contributed by atoms with Crippen LogP contribution in [0.3, 0.4) is 0 Å². The highest BCUT2D eigenvalue weighted by atomic mass is 32.2. The molecular weight excluding hydrogens is 1720 g/mol. The van der Waals surface area contributed by atoms with Crippen molar-refractivity contribution >= 4 is 134 Å². The number of aromatic amines is 3. The topological polar surface area (TPSA) is 640 Å². The van der Waals surface area contributed by atoms with Gasteiger partial charge < -0.3 is 130 Å². The van der Waals surface area contributed by atoms with E-state index in [1.54, 1.807) is 67.8 Å². The van der Waals surface area contributed by atoms with Crippen LogP contribution in [-0.2, 0) is 107 Å². The zero-order valence-corrected chi connectivity index (χ0v) is 74.6. The summed E-state index contributed by atoms with van der Waals surface area (Å²) in [7, 11) is 3.85. The minimum absolute atomic E-state index is 0.00544. The number of benzene rings is 3. The van der Waals surface area contributed by atoms with E-state index in [-0.39, 0.29) is 82.3 Å². The van der Waals surface area contributed by atoms with Crippen molar-refractivity contribution in [2.24, 2.45) is 11.5 Å². The third-order valence-electron chi connectivity index (χ3n) is 23.5. The maximum absolute atomic E-state index is 15.6. The Kier molecular flexibility index (Phi) is 37.7. The van der Waals surface area contributed by atoms with Gasteiger partial charge in [-0.25, -0.2) is 4.98 Å². The summed E-state index contributed by atoms with van der Waals surface area (Å²) < 4.78 is 0. The van der Waals surface area contributed by atoms with Crippen molar-refractivity contribution in [2.45, 2.75) is 214 Å². The molecule has 9 rings (SSSR count). The summed E-state index contributed by atoms with van der Waals surface area (Å²) in [5, 5.41) is 80.5. The first-order valence-electron chi connectivity index (χ1n) is 43.5. The molecule has 3 fully saturated rings. The lowest BCUT2D eigenvalue weighted by Crippen LogP contribution is -2.62. The Morgan fingerprint density at radius 2 is 1.05 bits per heavy atom. The lowest BCUT2D eigenvalue weighted by Gasteiger charge is -2.36. The van der Waals surface area contributed by atoms with Crippen molar-refractivity contribution in [3.63, 3.8) is 0 Å². The molecule has 3 aliphatic rings. The van der Waals surface area contributed by atoms with Gasteiger partial charge in [0.1, 0.15) is 90.3 Å². The van der Waals surface area contributed by atoms with Crippen LogP contribution in [0.1, 0.15) is 120 Å². The first kappa shape index (κ1) is 102. The lowest BCUT2D eigenvalue weighted by atomic mass is 10.00. The number of phenolic OH excluding ortho intramolecular Hbond substituents is 1. The van der Waals surface area contributed by atoms with Crippen molar-refractivity contribution in [3.8, 4) is 5.75 Å². The number of primary amides is 1. The van der Waals surface area contributed by atoms with Gasteiger partial charge in [0.05, 0.1) is 43.6 Å². The van der Waals surface area contributed by atoms with Crippen LogP contribution in [0.25, 0.3) is 21.8 Å². The third kappa shape index (κ3) is 27.5. The molecule has 6 heterocycles. The monoisotopic (exact) mass is 1840 g/mol. The number of aromatic hydroxyl groups is 1. The molecule has 3 aromatic carbocycles. The number of likely N-dealkylation sites (N-methyl/N-ethyl adjacent to an activating group) is 3. The Morgan fingerprint density at radius 1 is 0.542 bits per heavy atom. The number of carboxylic acid groups (broad SMARTS) is 1. The Morgan fingerprint density at radius 3 is 1.64 bits per heavy atom. The molecular formula is C87H119N21O22S.